The first-order valence-corrected chi connectivity index (χ1v) is 9.29. The lowest BCUT2D eigenvalue weighted by atomic mass is 10.0. The summed E-state index contributed by atoms with van der Waals surface area (Å²) in [5.74, 6) is 2.25. The molecule has 2 aromatic heterocycles. The molecule has 4 rings (SSSR count). The molecule has 0 aliphatic carbocycles. The van der Waals surface area contributed by atoms with E-state index in [1.807, 2.05) is 31.2 Å². The van der Waals surface area contributed by atoms with Crippen LogP contribution in [0.25, 0.3) is 0 Å². The summed E-state index contributed by atoms with van der Waals surface area (Å²) < 4.78 is 17.3. The first kappa shape index (κ1) is 17.1. The third kappa shape index (κ3) is 3.60. The van der Waals surface area contributed by atoms with Gasteiger partial charge < -0.3 is 14.2 Å². The topological polar surface area (TPSA) is 56.7 Å². The van der Waals surface area contributed by atoms with Crippen LogP contribution in [0.5, 0.6) is 17.4 Å². The highest BCUT2D eigenvalue weighted by molar-refractivity contribution is 5.36. The maximum atomic E-state index is 6.15. The Balaban J connectivity index is 1.36. The van der Waals surface area contributed by atoms with Crippen LogP contribution in [0.1, 0.15) is 37.2 Å². The van der Waals surface area contributed by atoms with E-state index in [1.165, 1.54) is 0 Å². The second-order valence-corrected chi connectivity index (χ2v) is 6.85. The van der Waals surface area contributed by atoms with Crippen molar-refractivity contribution in [3.05, 3.63) is 41.9 Å². The second-order valence-electron chi connectivity index (χ2n) is 6.85. The third-order valence-electron chi connectivity index (χ3n) is 5.13. The smallest absolute Gasteiger partial charge is 0.257 e. The molecule has 0 bridgehead atoms. The van der Waals surface area contributed by atoms with Crippen molar-refractivity contribution in [3.63, 3.8) is 0 Å². The molecule has 1 unspecified atom stereocenters. The molecular formula is C20H25N3O3. The molecule has 138 valence electrons. The lowest BCUT2D eigenvalue weighted by Gasteiger charge is -2.36. The van der Waals surface area contributed by atoms with Crippen molar-refractivity contribution in [1.82, 2.24) is 14.9 Å². The van der Waals surface area contributed by atoms with Crippen molar-refractivity contribution < 1.29 is 14.2 Å². The SMILES string of the molecule is Cc1ncccc1OC1CCN(C(C)c2ccc3c(n2)OCCO3)CC1. The van der Waals surface area contributed by atoms with Gasteiger partial charge in [0.25, 0.3) is 5.88 Å². The highest BCUT2D eigenvalue weighted by atomic mass is 16.6. The minimum Gasteiger partial charge on any atom is -0.488 e. The average molecular weight is 355 g/mol. The molecule has 0 amide bonds. The summed E-state index contributed by atoms with van der Waals surface area (Å²) in [4.78, 5) is 11.4. The Morgan fingerprint density at radius 2 is 1.96 bits per heavy atom. The highest BCUT2D eigenvalue weighted by Crippen LogP contribution is 2.32. The first-order valence-electron chi connectivity index (χ1n) is 9.29. The minimum atomic E-state index is 0.243. The molecule has 4 heterocycles. The fourth-order valence-electron chi connectivity index (χ4n) is 3.52. The number of nitrogens with zero attached hydrogens (tertiary/aromatic N) is 3. The van der Waals surface area contributed by atoms with E-state index >= 15 is 0 Å². The molecule has 2 aliphatic rings. The van der Waals surface area contributed by atoms with Crippen molar-refractivity contribution in [2.75, 3.05) is 26.3 Å². The fourth-order valence-corrected chi connectivity index (χ4v) is 3.52. The number of likely N-dealkylation sites (tertiary alicyclic amines) is 1. The lowest BCUT2D eigenvalue weighted by Crippen LogP contribution is -2.40. The average Bonchev–Trinajstić information content (AvgIpc) is 2.69. The quantitative estimate of drug-likeness (QED) is 0.840. The Hall–Kier alpha value is -2.34. The molecular weight excluding hydrogens is 330 g/mol. The summed E-state index contributed by atoms with van der Waals surface area (Å²) in [7, 11) is 0. The first-order chi connectivity index (χ1) is 12.7. The zero-order chi connectivity index (χ0) is 17.9. The number of fused-ring (bicyclic) bond motifs is 1. The van der Waals surface area contributed by atoms with Gasteiger partial charge in [-0.2, -0.15) is 0 Å². The molecule has 6 heteroatoms. The van der Waals surface area contributed by atoms with Gasteiger partial charge in [-0.15, -0.1) is 0 Å². The summed E-state index contributed by atoms with van der Waals surface area (Å²) in [5, 5.41) is 0. The van der Waals surface area contributed by atoms with Crippen molar-refractivity contribution in [2.45, 2.75) is 38.8 Å². The molecule has 2 aromatic rings. The molecule has 0 N–H and O–H groups in total. The molecule has 0 aromatic carbocycles. The van der Waals surface area contributed by atoms with Gasteiger partial charge in [0.05, 0.1) is 11.4 Å². The summed E-state index contributed by atoms with van der Waals surface area (Å²) in [6.07, 6.45) is 4.05. The minimum absolute atomic E-state index is 0.243. The number of aromatic nitrogens is 2. The number of piperidine rings is 1. The molecule has 0 spiro atoms. The van der Waals surface area contributed by atoms with E-state index in [1.54, 1.807) is 6.20 Å². The molecule has 1 atom stereocenters. The molecule has 0 saturated carbocycles. The number of hydrogen-bond acceptors (Lipinski definition) is 6. The maximum absolute atomic E-state index is 6.15. The number of pyridine rings is 2. The van der Waals surface area contributed by atoms with Crippen LogP contribution in [0.2, 0.25) is 0 Å². The largest absolute Gasteiger partial charge is 0.488 e. The van der Waals surface area contributed by atoms with Crippen LogP contribution in [0.15, 0.2) is 30.5 Å². The Bertz CT molecular complexity index is 760. The number of rotatable bonds is 4. The van der Waals surface area contributed by atoms with Crippen LogP contribution >= 0.6 is 0 Å². The van der Waals surface area contributed by atoms with Gasteiger partial charge in [0.15, 0.2) is 5.75 Å². The van der Waals surface area contributed by atoms with Gasteiger partial charge in [0.1, 0.15) is 25.1 Å². The van der Waals surface area contributed by atoms with Crippen LogP contribution in [-0.2, 0) is 0 Å². The van der Waals surface area contributed by atoms with Crippen LogP contribution in [0.4, 0.5) is 0 Å². The number of ether oxygens (including phenoxy) is 3. The Morgan fingerprint density at radius 1 is 1.15 bits per heavy atom. The Labute approximate surface area is 154 Å². The summed E-state index contributed by atoms with van der Waals surface area (Å²) >= 11 is 0. The van der Waals surface area contributed by atoms with Crippen LogP contribution in [0, 0.1) is 6.92 Å². The molecule has 2 aliphatic heterocycles. The highest BCUT2D eigenvalue weighted by Gasteiger charge is 2.26. The van der Waals surface area contributed by atoms with Gasteiger partial charge in [-0.1, -0.05) is 0 Å². The van der Waals surface area contributed by atoms with Crippen molar-refractivity contribution in [1.29, 1.82) is 0 Å². The number of aryl methyl sites for hydroxylation is 1. The van der Waals surface area contributed by atoms with E-state index in [-0.39, 0.29) is 12.1 Å². The molecule has 1 fully saturated rings. The van der Waals surface area contributed by atoms with Crippen molar-refractivity contribution in [3.8, 4) is 17.4 Å². The normalized spacial score (nSPS) is 19.2. The van der Waals surface area contributed by atoms with Crippen molar-refractivity contribution >= 4 is 0 Å². The predicted octanol–water partition coefficient (Wildman–Crippen LogP) is 3.16. The molecule has 26 heavy (non-hydrogen) atoms. The zero-order valence-electron chi connectivity index (χ0n) is 15.4. The molecule has 0 radical (unpaired) electrons. The van der Waals surface area contributed by atoms with Gasteiger partial charge in [0.2, 0.25) is 0 Å². The van der Waals surface area contributed by atoms with Gasteiger partial charge in [-0.3, -0.25) is 9.88 Å². The monoisotopic (exact) mass is 355 g/mol. The van der Waals surface area contributed by atoms with Gasteiger partial charge >= 0.3 is 0 Å². The maximum Gasteiger partial charge on any atom is 0.257 e. The van der Waals surface area contributed by atoms with E-state index in [2.05, 4.69) is 21.8 Å². The summed E-state index contributed by atoms with van der Waals surface area (Å²) in [6.45, 7) is 7.31. The fraction of sp³-hybridized carbons (Fsp3) is 0.500. The second kappa shape index (κ2) is 7.50. The number of hydrogen-bond donors (Lipinski definition) is 0. The summed E-state index contributed by atoms with van der Waals surface area (Å²) in [5.41, 5.74) is 1.97. The van der Waals surface area contributed by atoms with Crippen molar-refractivity contribution in [2.24, 2.45) is 0 Å². The van der Waals surface area contributed by atoms with Crippen LogP contribution < -0.4 is 14.2 Å². The van der Waals surface area contributed by atoms with Gasteiger partial charge in [0, 0.05) is 25.3 Å². The third-order valence-corrected chi connectivity index (χ3v) is 5.13. The Kier molecular flexibility index (Phi) is 4.93. The predicted molar refractivity (Wildman–Crippen MR) is 97.8 cm³/mol. The van der Waals surface area contributed by atoms with Crippen LogP contribution in [-0.4, -0.2) is 47.3 Å². The zero-order valence-corrected chi connectivity index (χ0v) is 15.4. The van der Waals surface area contributed by atoms with E-state index < -0.39 is 0 Å². The van der Waals surface area contributed by atoms with Gasteiger partial charge in [-0.25, -0.2) is 4.98 Å². The van der Waals surface area contributed by atoms with E-state index in [4.69, 9.17) is 14.2 Å². The molecule has 1 saturated heterocycles. The van der Waals surface area contributed by atoms with E-state index in [0.717, 1.165) is 48.8 Å². The summed E-state index contributed by atoms with van der Waals surface area (Å²) in [6, 6.07) is 8.17. The van der Waals surface area contributed by atoms with Gasteiger partial charge in [-0.05, 0) is 51.0 Å². The van der Waals surface area contributed by atoms with Crippen LogP contribution in [0.3, 0.4) is 0 Å². The van der Waals surface area contributed by atoms with E-state index in [0.29, 0.717) is 19.1 Å². The standard InChI is InChI=1S/C20H25N3O3/c1-14-18(4-3-9-21-14)26-16-7-10-23(11-8-16)15(2)17-5-6-19-20(22-17)25-13-12-24-19/h3-6,9,15-16H,7-8,10-13H2,1-2H3. The molecule has 6 nitrogen and oxygen atoms in total. The lowest BCUT2D eigenvalue weighted by molar-refractivity contribution is 0.0774. The van der Waals surface area contributed by atoms with E-state index in [9.17, 15) is 0 Å². The Morgan fingerprint density at radius 3 is 2.77 bits per heavy atom.